The zero-order valence-electron chi connectivity index (χ0n) is 9.18. The van der Waals surface area contributed by atoms with Crippen molar-refractivity contribution >= 4 is 0 Å². The molecule has 0 fully saturated rings. The summed E-state index contributed by atoms with van der Waals surface area (Å²) in [5.74, 6) is 0. The maximum Gasteiger partial charge on any atom is 0.391 e. The molecule has 0 saturated carbocycles. The van der Waals surface area contributed by atoms with Gasteiger partial charge in [-0.2, -0.15) is 13.2 Å². The highest BCUT2D eigenvalue weighted by Crippen LogP contribution is 2.20. The molecular formula is C10H19F3O2. The second-order valence-electron chi connectivity index (χ2n) is 3.54. The maximum absolute atomic E-state index is 11.8. The van der Waals surface area contributed by atoms with Crippen LogP contribution >= 0.6 is 0 Å². The number of aliphatic hydroxyl groups is 1. The number of halogens is 3. The number of hydrogen-bond donors (Lipinski definition) is 1. The van der Waals surface area contributed by atoms with Crippen molar-refractivity contribution < 1.29 is 23.0 Å². The topological polar surface area (TPSA) is 29.5 Å². The van der Waals surface area contributed by atoms with Crippen LogP contribution in [-0.4, -0.2) is 30.1 Å². The van der Waals surface area contributed by atoms with Crippen LogP contribution < -0.4 is 0 Å². The summed E-state index contributed by atoms with van der Waals surface area (Å²) in [4.78, 5) is 0. The van der Waals surface area contributed by atoms with Gasteiger partial charge in [-0.15, -0.1) is 0 Å². The maximum atomic E-state index is 11.8. The molecule has 0 aliphatic carbocycles. The Balaban J connectivity index is 3.80. The number of ether oxygens (including phenoxy) is 1. The molecule has 0 amide bonds. The molecule has 0 heterocycles. The molecule has 2 atom stereocenters. The van der Waals surface area contributed by atoms with Gasteiger partial charge in [0.15, 0.2) is 0 Å². The van der Waals surface area contributed by atoms with Gasteiger partial charge in [0.1, 0.15) is 0 Å². The van der Waals surface area contributed by atoms with Gasteiger partial charge in [-0.1, -0.05) is 20.3 Å². The van der Waals surface area contributed by atoms with Gasteiger partial charge in [0.2, 0.25) is 0 Å². The Morgan fingerprint density at radius 1 is 1.27 bits per heavy atom. The Labute approximate surface area is 88.4 Å². The molecule has 0 rings (SSSR count). The molecule has 5 heteroatoms. The average molecular weight is 228 g/mol. The van der Waals surface area contributed by atoms with Crippen molar-refractivity contribution in [3.8, 4) is 0 Å². The molecule has 0 spiro atoms. The minimum atomic E-state index is -4.19. The molecule has 0 bridgehead atoms. The lowest BCUT2D eigenvalue weighted by atomic mass is 10.1. The minimum Gasteiger partial charge on any atom is -0.390 e. The van der Waals surface area contributed by atoms with E-state index in [2.05, 4.69) is 0 Å². The molecule has 1 N–H and O–H groups in total. The normalized spacial score (nSPS) is 16.4. The highest BCUT2D eigenvalue weighted by atomic mass is 19.4. The van der Waals surface area contributed by atoms with Crippen LogP contribution in [0.4, 0.5) is 13.2 Å². The number of alkyl halides is 3. The molecule has 2 nitrogen and oxygen atoms in total. The van der Waals surface area contributed by atoms with Gasteiger partial charge in [0.05, 0.1) is 25.2 Å². The second kappa shape index (κ2) is 7.06. The van der Waals surface area contributed by atoms with Crippen molar-refractivity contribution in [2.75, 3.05) is 6.61 Å². The van der Waals surface area contributed by atoms with Gasteiger partial charge in [-0.25, -0.2) is 0 Å². The summed E-state index contributed by atoms with van der Waals surface area (Å²) in [5, 5.41) is 9.53. The van der Waals surface area contributed by atoms with E-state index >= 15 is 0 Å². The molecule has 0 aromatic heterocycles. The van der Waals surface area contributed by atoms with Crippen molar-refractivity contribution in [1.29, 1.82) is 0 Å². The molecule has 0 saturated heterocycles. The van der Waals surface area contributed by atoms with E-state index in [4.69, 9.17) is 4.74 Å². The Morgan fingerprint density at radius 2 is 1.87 bits per heavy atom. The van der Waals surface area contributed by atoms with Gasteiger partial charge in [0.25, 0.3) is 0 Å². The zero-order chi connectivity index (χ0) is 11.9. The van der Waals surface area contributed by atoms with E-state index in [0.29, 0.717) is 12.8 Å². The van der Waals surface area contributed by atoms with Crippen LogP contribution in [-0.2, 0) is 4.74 Å². The summed E-state index contributed by atoms with van der Waals surface area (Å²) in [7, 11) is 0. The fourth-order valence-corrected chi connectivity index (χ4v) is 1.31. The summed E-state index contributed by atoms with van der Waals surface area (Å²) < 4.78 is 40.5. The van der Waals surface area contributed by atoms with E-state index in [-0.39, 0.29) is 6.61 Å². The summed E-state index contributed by atoms with van der Waals surface area (Å²) in [6.45, 7) is 3.32. The number of rotatable bonds is 7. The van der Waals surface area contributed by atoms with Gasteiger partial charge >= 0.3 is 6.18 Å². The lowest BCUT2D eigenvalue weighted by Crippen LogP contribution is -2.29. The Morgan fingerprint density at radius 3 is 2.27 bits per heavy atom. The molecule has 92 valence electrons. The van der Waals surface area contributed by atoms with Gasteiger partial charge < -0.3 is 9.84 Å². The summed E-state index contributed by atoms with van der Waals surface area (Å²) in [6.07, 6.45) is -4.40. The molecule has 0 aliphatic heterocycles. The fourth-order valence-electron chi connectivity index (χ4n) is 1.31. The Bertz CT molecular complexity index is 159. The standard InChI is InChI=1S/C10H19F3O2/c1-3-5-8(14)9(4-2)15-7-6-10(11,12)13/h8-9,14H,3-7H2,1-2H3. The first-order chi connectivity index (χ1) is 6.90. The van der Waals surface area contributed by atoms with Crippen LogP contribution in [0.2, 0.25) is 0 Å². The third-order valence-corrected chi connectivity index (χ3v) is 2.13. The predicted molar refractivity (Wildman–Crippen MR) is 51.6 cm³/mol. The second-order valence-corrected chi connectivity index (χ2v) is 3.54. The Hall–Kier alpha value is -0.290. The van der Waals surface area contributed by atoms with Crippen molar-refractivity contribution in [2.45, 2.75) is 57.9 Å². The van der Waals surface area contributed by atoms with E-state index in [9.17, 15) is 18.3 Å². The highest BCUT2D eigenvalue weighted by molar-refractivity contribution is 4.67. The summed E-state index contributed by atoms with van der Waals surface area (Å²) in [6, 6.07) is 0. The molecule has 0 aliphatic rings. The highest BCUT2D eigenvalue weighted by Gasteiger charge is 2.27. The van der Waals surface area contributed by atoms with E-state index in [1.54, 1.807) is 6.92 Å². The van der Waals surface area contributed by atoms with Crippen molar-refractivity contribution in [3.05, 3.63) is 0 Å². The lowest BCUT2D eigenvalue weighted by molar-refractivity contribution is -0.154. The van der Waals surface area contributed by atoms with Crippen LogP contribution in [0.1, 0.15) is 39.5 Å². The first kappa shape index (κ1) is 14.7. The number of hydrogen-bond acceptors (Lipinski definition) is 2. The molecule has 0 radical (unpaired) electrons. The monoisotopic (exact) mass is 228 g/mol. The minimum absolute atomic E-state index is 0.372. The van der Waals surface area contributed by atoms with E-state index < -0.39 is 24.8 Å². The van der Waals surface area contributed by atoms with Crippen molar-refractivity contribution in [1.82, 2.24) is 0 Å². The van der Waals surface area contributed by atoms with E-state index in [0.717, 1.165) is 6.42 Å². The Kier molecular flexibility index (Phi) is 6.92. The first-order valence-corrected chi connectivity index (χ1v) is 5.27. The molecule has 0 aromatic carbocycles. The molecular weight excluding hydrogens is 209 g/mol. The van der Waals surface area contributed by atoms with Gasteiger partial charge in [0, 0.05) is 0 Å². The van der Waals surface area contributed by atoms with Crippen LogP contribution in [0, 0.1) is 0 Å². The third kappa shape index (κ3) is 7.62. The zero-order valence-corrected chi connectivity index (χ0v) is 9.18. The lowest BCUT2D eigenvalue weighted by Gasteiger charge is -2.22. The van der Waals surface area contributed by atoms with Crippen LogP contribution in [0.15, 0.2) is 0 Å². The van der Waals surface area contributed by atoms with Crippen LogP contribution in [0.3, 0.4) is 0 Å². The first-order valence-electron chi connectivity index (χ1n) is 5.27. The van der Waals surface area contributed by atoms with Crippen LogP contribution in [0.5, 0.6) is 0 Å². The fraction of sp³-hybridized carbons (Fsp3) is 1.00. The smallest absolute Gasteiger partial charge is 0.390 e. The quantitative estimate of drug-likeness (QED) is 0.726. The number of aliphatic hydroxyl groups excluding tert-OH is 1. The largest absolute Gasteiger partial charge is 0.391 e. The third-order valence-electron chi connectivity index (χ3n) is 2.13. The van der Waals surface area contributed by atoms with Gasteiger partial charge in [-0.3, -0.25) is 0 Å². The van der Waals surface area contributed by atoms with E-state index in [1.165, 1.54) is 0 Å². The van der Waals surface area contributed by atoms with Crippen LogP contribution in [0.25, 0.3) is 0 Å². The predicted octanol–water partition coefficient (Wildman–Crippen LogP) is 2.90. The summed E-state index contributed by atoms with van der Waals surface area (Å²) >= 11 is 0. The molecule has 0 aromatic rings. The molecule has 2 unspecified atom stereocenters. The van der Waals surface area contributed by atoms with E-state index in [1.807, 2.05) is 6.92 Å². The molecule has 15 heavy (non-hydrogen) atoms. The van der Waals surface area contributed by atoms with Crippen molar-refractivity contribution in [3.63, 3.8) is 0 Å². The van der Waals surface area contributed by atoms with Gasteiger partial charge in [-0.05, 0) is 12.8 Å². The summed E-state index contributed by atoms with van der Waals surface area (Å²) in [5.41, 5.74) is 0. The van der Waals surface area contributed by atoms with Crippen molar-refractivity contribution in [2.24, 2.45) is 0 Å². The SMILES string of the molecule is CCCC(O)C(CC)OCCC(F)(F)F. The average Bonchev–Trinajstić information content (AvgIpc) is 2.11.